The third-order valence-electron chi connectivity index (χ3n) is 6.52. The SMILES string of the molecule is C[C@H]1c2c(cc(F)c(-c3cccc4c(Cl)c[nH]c34)c2F)NC(C)(C)C1OC(=O)Nc1ccccc1. The van der Waals surface area contributed by atoms with Gasteiger partial charge in [0.25, 0.3) is 0 Å². The van der Waals surface area contributed by atoms with E-state index in [-0.39, 0.29) is 11.1 Å². The highest BCUT2D eigenvalue weighted by Crippen LogP contribution is 2.46. The molecule has 3 N–H and O–H groups in total. The molecule has 1 amide bonds. The normalized spacial score (nSPS) is 18.6. The number of nitrogens with one attached hydrogen (secondary N) is 3. The summed E-state index contributed by atoms with van der Waals surface area (Å²) in [7, 11) is 0. The highest BCUT2D eigenvalue weighted by Gasteiger charge is 2.45. The van der Waals surface area contributed by atoms with Gasteiger partial charge in [0, 0.05) is 40.0 Å². The van der Waals surface area contributed by atoms with Crippen molar-refractivity contribution >= 4 is 40.0 Å². The predicted molar refractivity (Wildman–Crippen MR) is 135 cm³/mol. The van der Waals surface area contributed by atoms with Crippen LogP contribution in [0.1, 0.15) is 32.3 Å². The van der Waals surface area contributed by atoms with Gasteiger partial charge in [-0.1, -0.05) is 54.9 Å². The molecular weight excluding hydrogens is 472 g/mol. The summed E-state index contributed by atoms with van der Waals surface area (Å²) in [4.78, 5) is 15.7. The largest absolute Gasteiger partial charge is 0.443 e. The molecule has 0 radical (unpaired) electrons. The number of fused-ring (bicyclic) bond motifs is 2. The second-order valence-corrected chi connectivity index (χ2v) is 9.73. The fraction of sp³-hybridized carbons (Fsp3) is 0.222. The molecular formula is C27H24ClF2N3O2. The number of hydrogen-bond donors (Lipinski definition) is 3. The van der Waals surface area contributed by atoms with E-state index in [9.17, 15) is 4.79 Å². The summed E-state index contributed by atoms with van der Waals surface area (Å²) in [6, 6.07) is 15.4. The summed E-state index contributed by atoms with van der Waals surface area (Å²) in [5.41, 5.74) is 1.14. The maximum absolute atomic E-state index is 16.1. The minimum atomic E-state index is -0.784. The van der Waals surface area contributed by atoms with E-state index in [1.54, 1.807) is 55.6 Å². The molecule has 5 rings (SSSR count). The smallest absolute Gasteiger partial charge is 0.411 e. The summed E-state index contributed by atoms with van der Waals surface area (Å²) in [5.74, 6) is -1.96. The molecule has 0 spiro atoms. The molecule has 0 saturated heterocycles. The number of rotatable bonds is 3. The summed E-state index contributed by atoms with van der Waals surface area (Å²) in [6.45, 7) is 5.44. The van der Waals surface area contributed by atoms with Crippen molar-refractivity contribution in [3.8, 4) is 11.1 Å². The number of hydrogen-bond acceptors (Lipinski definition) is 3. The fourth-order valence-corrected chi connectivity index (χ4v) is 5.20. The number of aromatic nitrogens is 1. The minimum Gasteiger partial charge on any atom is -0.443 e. The number of benzene rings is 3. The van der Waals surface area contributed by atoms with Gasteiger partial charge < -0.3 is 15.0 Å². The number of amides is 1. The highest BCUT2D eigenvalue weighted by molar-refractivity contribution is 6.36. The zero-order chi connectivity index (χ0) is 24.9. The van der Waals surface area contributed by atoms with E-state index in [1.165, 1.54) is 6.07 Å². The zero-order valence-electron chi connectivity index (χ0n) is 19.4. The number of halogens is 3. The van der Waals surface area contributed by atoms with Crippen LogP contribution in [0.3, 0.4) is 0 Å². The molecule has 1 aliphatic heterocycles. The lowest BCUT2D eigenvalue weighted by Crippen LogP contribution is -2.52. The standard InChI is InChI=1S/C27H24ClF2N3O2/c1-14-21-20(33-27(2,3)25(14)35-26(34)32-15-8-5-4-6-9-15)12-19(29)22(23(21)30)17-11-7-10-16-18(28)13-31-24(16)17/h4-14,25,31,33H,1-3H3,(H,32,34)/t14-,25?/m0/s1. The van der Waals surface area contributed by atoms with Gasteiger partial charge in [0.05, 0.1) is 21.6 Å². The Morgan fingerprint density at radius 3 is 2.60 bits per heavy atom. The Bertz CT molecular complexity index is 1440. The van der Waals surface area contributed by atoms with Crippen molar-refractivity contribution in [2.45, 2.75) is 38.3 Å². The van der Waals surface area contributed by atoms with Crippen molar-refractivity contribution < 1.29 is 18.3 Å². The highest BCUT2D eigenvalue weighted by atomic mass is 35.5. The molecule has 1 aliphatic rings. The molecule has 4 aromatic rings. The van der Waals surface area contributed by atoms with E-state index < -0.39 is 35.3 Å². The number of aromatic amines is 1. The molecule has 180 valence electrons. The third-order valence-corrected chi connectivity index (χ3v) is 6.83. The van der Waals surface area contributed by atoms with Gasteiger partial charge in [-0.05, 0) is 32.0 Å². The monoisotopic (exact) mass is 495 g/mol. The maximum atomic E-state index is 16.1. The molecule has 0 fully saturated rings. The summed E-state index contributed by atoms with van der Waals surface area (Å²) in [6.07, 6.45) is 0.202. The molecule has 1 aromatic heterocycles. The second kappa shape index (κ2) is 8.57. The Morgan fingerprint density at radius 1 is 1.11 bits per heavy atom. The van der Waals surface area contributed by atoms with Crippen LogP contribution in [0, 0.1) is 11.6 Å². The Kier molecular flexibility index (Phi) is 5.68. The van der Waals surface area contributed by atoms with Crippen LogP contribution in [0.2, 0.25) is 5.02 Å². The quantitative estimate of drug-likeness (QED) is 0.273. The van der Waals surface area contributed by atoms with Crippen LogP contribution in [0.15, 0.2) is 60.8 Å². The molecule has 3 aromatic carbocycles. The minimum absolute atomic E-state index is 0.159. The van der Waals surface area contributed by atoms with Gasteiger partial charge in [-0.3, -0.25) is 5.32 Å². The van der Waals surface area contributed by atoms with Crippen molar-refractivity contribution in [2.24, 2.45) is 0 Å². The van der Waals surface area contributed by atoms with E-state index in [0.717, 1.165) is 0 Å². The van der Waals surface area contributed by atoms with Crippen molar-refractivity contribution in [3.63, 3.8) is 0 Å². The molecule has 35 heavy (non-hydrogen) atoms. The van der Waals surface area contributed by atoms with E-state index in [1.807, 2.05) is 19.9 Å². The van der Waals surface area contributed by atoms with Crippen LogP contribution in [0.25, 0.3) is 22.0 Å². The van der Waals surface area contributed by atoms with Gasteiger partial charge >= 0.3 is 6.09 Å². The Labute approximate surface area is 206 Å². The van der Waals surface area contributed by atoms with Gasteiger partial charge in [-0.2, -0.15) is 0 Å². The van der Waals surface area contributed by atoms with Crippen LogP contribution < -0.4 is 10.6 Å². The molecule has 5 nitrogen and oxygen atoms in total. The summed E-state index contributed by atoms with van der Waals surface area (Å²) < 4.78 is 37.3. The second-order valence-electron chi connectivity index (χ2n) is 9.33. The number of carbonyl (C=O) groups excluding carboxylic acids is 1. The lowest BCUT2D eigenvalue weighted by molar-refractivity contribution is 0.0561. The van der Waals surface area contributed by atoms with Crippen LogP contribution >= 0.6 is 11.6 Å². The maximum Gasteiger partial charge on any atom is 0.411 e. The van der Waals surface area contributed by atoms with Gasteiger partial charge in [0.1, 0.15) is 17.7 Å². The first-order valence-corrected chi connectivity index (χ1v) is 11.6. The number of anilines is 2. The van der Waals surface area contributed by atoms with Crippen molar-refractivity contribution in [2.75, 3.05) is 10.6 Å². The molecule has 0 aliphatic carbocycles. The van der Waals surface area contributed by atoms with E-state index in [2.05, 4.69) is 15.6 Å². The lowest BCUT2D eigenvalue weighted by atomic mass is 9.77. The van der Waals surface area contributed by atoms with Crippen molar-refractivity contribution in [1.82, 2.24) is 4.98 Å². The van der Waals surface area contributed by atoms with Crippen LogP contribution in [0.5, 0.6) is 0 Å². The molecule has 0 bridgehead atoms. The predicted octanol–water partition coefficient (Wildman–Crippen LogP) is 7.69. The van der Waals surface area contributed by atoms with Gasteiger partial charge in [-0.25, -0.2) is 13.6 Å². The third kappa shape index (κ3) is 4.00. The first kappa shape index (κ1) is 23.2. The average molecular weight is 496 g/mol. The van der Waals surface area contributed by atoms with Gasteiger partial charge in [-0.15, -0.1) is 0 Å². The van der Waals surface area contributed by atoms with Crippen LogP contribution in [-0.2, 0) is 4.74 Å². The molecule has 2 heterocycles. The fourth-order valence-electron chi connectivity index (χ4n) is 4.99. The van der Waals surface area contributed by atoms with Crippen molar-refractivity contribution in [3.05, 3.63) is 83.0 Å². The Balaban J connectivity index is 1.55. The summed E-state index contributed by atoms with van der Waals surface area (Å²) in [5, 5.41) is 7.01. The molecule has 0 saturated carbocycles. The summed E-state index contributed by atoms with van der Waals surface area (Å²) >= 11 is 6.22. The first-order valence-electron chi connectivity index (χ1n) is 11.3. The number of H-pyrrole nitrogens is 1. The van der Waals surface area contributed by atoms with Gasteiger partial charge in [0.15, 0.2) is 0 Å². The number of ether oxygens (including phenoxy) is 1. The van der Waals surface area contributed by atoms with E-state index in [4.69, 9.17) is 16.3 Å². The average Bonchev–Trinajstić information content (AvgIpc) is 3.18. The number of para-hydroxylation sites is 2. The Morgan fingerprint density at radius 2 is 1.86 bits per heavy atom. The molecule has 1 unspecified atom stereocenters. The topological polar surface area (TPSA) is 66.1 Å². The van der Waals surface area contributed by atoms with Crippen LogP contribution in [0.4, 0.5) is 25.0 Å². The molecule has 2 atom stereocenters. The van der Waals surface area contributed by atoms with Crippen molar-refractivity contribution in [1.29, 1.82) is 0 Å². The van der Waals surface area contributed by atoms with Crippen LogP contribution in [-0.4, -0.2) is 22.7 Å². The van der Waals surface area contributed by atoms with Gasteiger partial charge in [0.2, 0.25) is 0 Å². The van der Waals surface area contributed by atoms with E-state index >= 15 is 8.78 Å². The Hall–Kier alpha value is -3.58. The zero-order valence-corrected chi connectivity index (χ0v) is 20.1. The number of carbonyl (C=O) groups is 1. The first-order chi connectivity index (χ1) is 16.7. The lowest BCUT2D eigenvalue weighted by Gasteiger charge is -2.44. The molecule has 8 heteroatoms. The van der Waals surface area contributed by atoms with E-state index in [0.29, 0.717) is 32.9 Å².